The summed E-state index contributed by atoms with van der Waals surface area (Å²) in [5, 5.41) is 0.614. The van der Waals surface area contributed by atoms with Crippen LogP contribution in [-0.4, -0.2) is 38.3 Å². The standard InChI is InChI=1S/C33H31BrClN3O5S/c1-6-42-32(40)28-19(2)36-33-38(29(28)21-11-13-23(14-12-21)37(3)4)31(39)27(44-33)17-20-15-24(34)30(26(16-20)41-5)43-18-22-9-7-8-10-25(22)35/h7-17,29H,6,18H2,1-5H3/t29-/m1/s1. The number of nitrogens with zero attached hydrogens (tertiary/aromatic N) is 3. The quantitative estimate of drug-likeness (QED) is 0.204. The van der Waals surface area contributed by atoms with Crippen LogP contribution in [0.15, 0.2) is 86.2 Å². The van der Waals surface area contributed by atoms with Gasteiger partial charge in [-0.25, -0.2) is 9.79 Å². The molecule has 1 atom stereocenters. The Labute approximate surface area is 272 Å². The number of halogens is 2. The lowest BCUT2D eigenvalue weighted by molar-refractivity contribution is -0.139. The fraction of sp³-hybridized carbons (Fsp3) is 0.242. The number of aromatic nitrogens is 1. The SMILES string of the molecule is CCOC(=O)C1=C(C)N=c2sc(=Cc3cc(Br)c(OCc4ccccc4Cl)c(OC)c3)c(=O)n2[C@@H]1c1ccc(N(C)C)cc1. The summed E-state index contributed by atoms with van der Waals surface area (Å²) in [7, 11) is 5.47. The number of carbonyl (C=O) groups is 1. The highest BCUT2D eigenvalue weighted by atomic mass is 79.9. The molecule has 1 aliphatic heterocycles. The van der Waals surface area contributed by atoms with Gasteiger partial charge in [-0.15, -0.1) is 0 Å². The third-order valence-electron chi connectivity index (χ3n) is 7.12. The van der Waals surface area contributed by atoms with Gasteiger partial charge < -0.3 is 19.1 Å². The molecule has 44 heavy (non-hydrogen) atoms. The normalized spacial score (nSPS) is 14.6. The molecule has 0 unspecified atom stereocenters. The Kier molecular flexibility index (Phi) is 9.62. The van der Waals surface area contributed by atoms with Crippen molar-refractivity contribution in [3.63, 3.8) is 0 Å². The van der Waals surface area contributed by atoms with Crippen molar-refractivity contribution < 1.29 is 19.0 Å². The average Bonchev–Trinajstić information content (AvgIpc) is 3.30. The number of carbonyl (C=O) groups excluding carboxylic acids is 1. The van der Waals surface area contributed by atoms with Crippen LogP contribution >= 0.6 is 38.9 Å². The molecule has 1 aliphatic rings. The first kappa shape index (κ1) is 31.6. The highest BCUT2D eigenvalue weighted by Crippen LogP contribution is 2.38. The molecule has 4 aromatic rings. The second-order valence-corrected chi connectivity index (χ2v) is 12.5. The molecule has 0 bridgehead atoms. The molecule has 0 N–H and O–H groups in total. The molecule has 0 radical (unpaired) electrons. The smallest absolute Gasteiger partial charge is 0.338 e. The van der Waals surface area contributed by atoms with E-state index in [4.69, 9.17) is 25.8 Å². The zero-order chi connectivity index (χ0) is 31.5. The summed E-state index contributed by atoms with van der Waals surface area (Å²) in [6.07, 6.45) is 1.78. The summed E-state index contributed by atoms with van der Waals surface area (Å²) in [4.78, 5) is 34.4. The zero-order valence-corrected chi connectivity index (χ0v) is 28.0. The second-order valence-electron chi connectivity index (χ2n) is 10.2. The lowest BCUT2D eigenvalue weighted by Crippen LogP contribution is -2.39. The molecule has 11 heteroatoms. The number of hydrogen-bond donors (Lipinski definition) is 0. The van der Waals surface area contributed by atoms with Gasteiger partial charge in [-0.05, 0) is 77.3 Å². The molecule has 0 saturated heterocycles. The number of hydrogen-bond acceptors (Lipinski definition) is 8. The van der Waals surface area contributed by atoms with Gasteiger partial charge in [-0.2, -0.15) is 0 Å². The van der Waals surface area contributed by atoms with E-state index in [9.17, 15) is 9.59 Å². The van der Waals surface area contributed by atoms with Crippen molar-refractivity contribution in [3.05, 3.63) is 118 Å². The van der Waals surface area contributed by atoms with Gasteiger partial charge in [0, 0.05) is 30.4 Å². The maximum Gasteiger partial charge on any atom is 0.338 e. The van der Waals surface area contributed by atoms with Crippen LogP contribution < -0.4 is 29.3 Å². The fourth-order valence-electron chi connectivity index (χ4n) is 4.94. The van der Waals surface area contributed by atoms with Crippen molar-refractivity contribution in [3.8, 4) is 11.5 Å². The predicted molar refractivity (Wildman–Crippen MR) is 178 cm³/mol. The molecular formula is C33H31BrClN3O5S. The number of esters is 1. The molecule has 2 heterocycles. The lowest BCUT2D eigenvalue weighted by atomic mass is 9.95. The Balaban J connectivity index is 1.58. The van der Waals surface area contributed by atoms with Gasteiger partial charge in [0.25, 0.3) is 5.56 Å². The topological polar surface area (TPSA) is 82.4 Å². The van der Waals surface area contributed by atoms with Crippen LogP contribution in [-0.2, 0) is 16.1 Å². The molecular weight excluding hydrogens is 666 g/mol. The van der Waals surface area contributed by atoms with E-state index in [1.807, 2.05) is 73.6 Å². The molecule has 1 aromatic heterocycles. The van der Waals surface area contributed by atoms with Crippen molar-refractivity contribution in [2.75, 3.05) is 32.7 Å². The van der Waals surface area contributed by atoms with Gasteiger partial charge in [-0.3, -0.25) is 9.36 Å². The van der Waals surface area contributed by atoms with E-state index in [-0.39, 0.29) is 18.8 Å². The van der Waals surface area contributed by atoms with Crippen LogP contribution in [0.1, 0.15) is 36.6 Å². The van der Waals surface area contributed by atoms with Crippen LogP contribution in [0.5, 0.6) is 11.5 Å². The van der Waals surface area contributed by atoms with E-state index in [0.717, 1.165) is 22.4 Å². The minimum atomic E-state index is -0.689. The van der Waals surface area contributed by atoms with E-state index >= 15 is 0 Å². The molecule has 0 saturated carbocycles. The molecule has 228 valence electrons. The van der Waals surface area contributed by atoms with Crippen LogP contribution in [0, 0.1) is 0 Å². The number of benzene rings is 3. The monoisotopic (exact) mass is 695 g/mol. The van der Waals surface area contributed by atoms with Gasteiger partial charge >= 0.3 is 5.97 Å². The minimum Gasteiger partial charge on any atom is -0.493 e. The molecule has 0 fully saturated rings. The maximum absolute atomic E-state index is 14.0. The largest absolute Gasteiger partial charge is 0.493 e. The summed E-state index contributed by atoms with van der Waals surface area (Å²) in [5.74, 6) is 0.511. The number of allylic oxidation sites excluding steroid dienone is 1. The van der Waals surface area contributed by atoms with Crippen molar-refractivity contribution in [2.24, 2.45) is 4.99 Å². The fourth-order valence-corrected chi connectivity index (χ4v) is 6.75. The number of rotatable bonds is 9. The number of thiazole rings is 1. The minimum absolute atomic E-state index is 0.209. The van der Waals surface area contributed by atoms with E-state index in [2.05, 4.69) is 20.9 Å². The second kappa shape index (κ2) is 13.4. The van der Waals surface area contributed by atoms with Gasteiger partial charge in [0.15, 0.2) is 16.3 Å². The molecule has 0 spiro atoms. The molecule has 3 aromatic carbocycles. The van der Waals surface area contributed by atoms with Gasteiger partial charge in [-0.1, -0.05) is 53.3 Å². The van der Waals surface area contributed by atoms with E-state index < -0.39 is 12.0 Å². The van der Waals surface area contributed by atoms with Gasteiger partial charge in [0.05, 0.1) is 40.0 Å². The summed E-state index contributed by atoms with van der Waals surface area (Å²) in [6.45, 7) is 3.99. The Hall–Kier alpha value is -3.86. The lowest BCUT2D eigenvalue weighted by Gasteiger charge is -2.25. The summed E-state index contributed by atoms with van der Waals surface area (Å²) in [5.41, 5.74) is 3.94. The molecule has 0 amide bonds. The Morgan fingerprint density at radius 3 is 2.55 bits per heavy atom. The molecule has 0 aliphatic carbocycles. The number of ether oxygens (including phenoxy) is 3. The number of fused-ring (bicyclic) bond motifs is 1. The summed E-state index contributed by atoms with van der Waals surface area (Å²) >= 11 is 11.2. The zero-order valence-electron chi connectivity index (χ0n) is 24.9. The maximum atomic E-state index is 14.0. The number of methoxy groups -OCH3 is 1. The summed E-state index contributed by atoms with van der Waals surface area (Å²) in [6, 6.07) is 18.2. The van der Waals surface area contributed by atoms with Crippen LogP contribution in [0.4, 0.5) is 5.69 Å². The number of anilines is 1. The van der Waals surface area contributed by atoms with E-state index in [0.29, 0.717) is 41.6 Å². The third-order valence-corrected chi connectivity index (χ3v) is 9.06. The van der Waals surface area contributed by atoms with Crippen LogP contribution in [0.25, 0.3) is 6.08 Å². The predicted octanol–water partition coefficient (Wildman–Crippen LogP) is 5.87. The molecule has 8 nitrogen and oxygen atoms in total. The summed E-state index contributed by atoms with van der Waals surface area (Å²) < 4.78 is 19.8. The Morgan fingerprint density at radius 1 is 1.16 bits per heavy atom. The van der Waals surface area contributed by atoms with Crippen molar-refractivity contribution in [1.29, 1.82) is 0 Å². The van der Waals surface area contributed by atoms with Crippen molar-refractivity contribution in [2.45, 2.75) is 26.5 Å². The first-order chi connectivity index (χ1) is 21.1. The molecule has 5 rings (SSSR count). The van der Waals surface area contributed by atoms with Crippen LogP contribution in [0.3, 0.4) is 0 Å². The van der Waals surface area contributed by atoms with Gasteiger partial charge in [0.2, 0.25) is 0 Å². The average molecular weight is 697 g/mol. The van der Waals surface area contributed by atoms with Gasteiger partial charge in [0.1, 0.15) is 6.61 Å². The van der Waals surface area contributed by atoms with E-state index in [1.165, 1.54) is 11.3 Å². The van der Waals surface area contributed by atoms with Crippen molar-refractivity contribution >= 4 is 56.6 Å². The highest BCUT2D eigenvalue weighted by molar-refractivity contribution is 9.10. The van der Waals surface area contributed by atoms with Crippen molar-refractivity contribution in [1.82, 2.24) is 4.57 Å². The van der Waals surface area contributed by atoms with E-state index in [1.54, 1.807) is 37.7 Å². The Bertz CT molecular complexity index is 1930. The third kappa shape index (κ3) is 6.33. The highest BCUT2D eigenvalue weighted by Gasteiger charge is 2.33. The Morgan fingerprint density at radius 2 is 1.89 bits per heavy atom. The first-order valence-corrected chi connectivity index (χ1v) is 15.8. The first-order valence-electron chi connectivity index (χ1n) is 13.8. The van der Waals surface area contributed by atoms with Crippen LogP contribution in [0.2, 0.25) is 5.02 Å².